The van der Waals surface area contributed by atoms with Gasteiger partial charge in [-0.25, -0.2) is 13.4 Å². The van der Waals surface area contributed by atoms with E-state index in [-0.39, 0.29) is 4.90 Å². The van der Waals surface area contributed by atoms with Crippen molar-refractivity contribution in [3.05, 3.63) is 64.9 Å². The number of imidazole rings is 1. The molecule has 1 N–H and O–H groups in total. The molecule has 0 spiro atoms. The van der Waals surface area contributed by atoms with E-state index < -0.39 is 10.0 Å². The second-order valence-electron chi connectivity index (χ2n) is 5.46. The molecule has 8 heteroatoms. The minimum absolute atomic E-state index is 0.204. The van der Waals surface area contributed by atoms with Gasteiger partial charge in [0, 0.05) is 28.8 Å². The van der Waals surface area contributed by atoms with Gasteiger partial charge in [-0.1, -0.05) is 18.2 Å². The number of rotatable bonds is 5. The average molecular weight is 438 g/mol. The molecule has 0 saturated heterocycles. The van der Waals surface area contributed by atoms with Gasteiger partial charge in [0.15, 0.2) is 5.16 Å². The lowest BCUT2D eigenvalue weighted by Gasteiger charge is -2.13. The van der Waals surface area contributed by atoms with E-state index in [9.17, 15) is 8.42 Å². The number of aromatic nitrogens is 2. The highest BCUT2D eigenvalue weighted by molar-refractivity contribution is 9.10. The Morgan fingerprint density at radius 2 is 1.96 bits per heavy atom. The summed E-state index contributed by atoms with van der Waals surface area (Å²) in [5, 5.41) is 0.781. The first kappa shape index (κ1) is 18.0. The van der Waals surface area contributed by atoms with Crippen molar-refractivity contribution < 1.29 is 8.42 Å². The van der Waals surface area contributed by atoms with Crippen LogP contribution in [-0.2, 0) is 17.1 Å². The van der Waals surface area contributed by atoms with Crippen molar-refractivity contribution in [2.45, 2.75) is 21.9 Å². The van der Waals surface area contributed by atoms with E-state index in [1.54, 1.807) is 36.5 Å². The zero-order valence-corrected chi connectivity index (χ0v) is 16.8. The smallest absolute Gasteiger partial charge is 0.263 e. The molecule has 0 radical (unpaired) electrons. The van der Waals surface area contributed by atoms with Crippen LogP contribution in [0.25, 0.3) is 0 Å². The summed E-state index contributed by atoms with van der Waals surface area (Å²) >= 11 is 4.74. The van der Waals surface area contributed by atoms with E-state index >= 15 is 0 Å². The molecule has 25 heavy (non-hydrogen) atoms. The lowest BCUT2D eigenvalue weighted by atomic mass is 10.2. The summed E-state index contributed by atoms with van der Waals surface area (Å²) in [4.78, 5) is 5.26. The summed E-state index contributed by atoms with van der Waals surface area (Å²) < 4.78 is 30.7. The van der Waals surface area contributed by atoms with Gasteiger partial charge >= 0.3 is 0 Å². The maximum atomic E-state index is 12.8. The minimum Gasteiger partial charge on any atom is -0.329 e. The van der Waals surface area contributed by atoms with Crippen LogP contribution in [0.1, 0.15) is 5.56 Å². The Bertz CT molecular complexity index is 1020. The number of benzene rings is 2. The van der Waals surface area contributed by atoms with E-state index in [1.807, 2.05) is 36.9 Å². The number of halogens is 1. The summed E-state index contributed by atoms with van der Waals surface area (Å²) in [5.74, 6) is 0. The molecule has 0 amide bonds. The van der Waals surface area contributed by atoms with Crippen molar-refractivity contribution in [2.75, 3.05) is 4.72 Å². The highest BCUT2D eigenvalue weighted by Gasteiger charge is 2.19. The van der Waals surface area contributed by atoms with Crippen LogP contribution in [0.4, 0.5) is 5.69 Å². The normalized spacial score (nSPS) is 11.5. The van der Waals surface area contributed by atoms with E-state index in [0.717, 1.165) is 15.6 Å². The predicted octanol–water partition coefficient (Wildman–Crippen LogP) is 4.44. The molecule has 1 heterocycles. The fraction of sp³-hybridized carbons (Fsp3) is 0.118. The van der Waals surface area contributed by atoms with Crippen molar-refractivity contribution >= 4 is 43.4 Å². The number of para-hydroxylation sites is 1. The number of nitrogens with one attached hydrogen (secondary N) is 1. The number of nitrogens with zero attached hydrogens (tertiary/aromatic N) is 2. The monoisotopic (exact) mass is 437 g/mol. The lowest BCUT2D eigenvalue weighted by Crippen LogP contribution is -2.14. The Morgan fingerprint density at radius 3 is 2.64 bits per heavy atom. The van der Waals surface area contributed by atoms with Gasteiger partial charge in [0.2, 0.25) is 0 Å². The fourth-order valence-electron chi connectivity index (χ4n) is 2.21. The van der Waals surface area contributed by atoms with Crippen molar-refractivity contribution in [2.24, 2.45) is 7.05 Å². The van der Waals surface area contributed by atoms with Crippen molar-refractivity contribution in [3.63, 3.8) is 0 Å². The van der Waals surface area contributed by atoms with Crippen molar-refractivity contribution in [3.8, 4) is 0 Å². The Hall–Kier alpha value is -1.77. The molecule has 3 rings (SSSR count). The first-order valence-electron chi connectivity index (χ1n) is 7.40. The highest BCUT2D eigenvalue weighted by atomic mass is 79.9. The minimum atomic E-state index is -3.71. The van der Waals surface area contributed by atoms with Crippen LogP contribution in [0.5, 0.6) is 0 Å². The molecule has 2 aromatic carbocycles. The number of aryl methyl sites for hydroxylation is 2. The molecule has 0 fully saturated rings. The Balaban J connectivity index is 1.94. The topological polar surface area (TPSA) is 64.0 Å². The quantitative estimate of drug-likeness (QED) is 0.640. The van der Waals surface area contributed by atoms with Gasteiger partial charge in [-0.2, -0.15) is 0 Å². The first-order chi connectivity index (χ1) is 11.9. The first-order valence-corrected chi connectivity index (χ1v) is 10.5. The van der Waals surface area contributed by atoms with Gasteiger partial charge in [-0.15, -0.1) is 0 Å². The summed E-state index contributed by atoms with van der Waals surface area (Å²) in [6.45, 7) is 1.91. The lowest BCUT2D eigenvalue weighted by molar-refractivity contribution is 0.600. The van der Waals surface area contributed by atoms with Gasteiger partial charge < -0.3 is 4.57 Å². The van der Waals surface area contributed by atoms with Crippen LogP contribution in [0, 0.1) is 6.92 Å². The maximum absolute atomic E-state index is 12.8. The third-order valence-corrected chi connectivity index (χ3v) is 6.98. The largest absolute Gasteiger partial charge is 0.329 e. The van der Waals surface area contributed by atoms with Crippen LogP contribution < -0.4 is 4.72 Å². The van der Waals surface area contributed by atoms with Crippen LogP contribution in [0.2, 0.25) is 0 Å². The number of hydrogen-bond acceptors (Lipinski definition) is 4. The molecule has 0 aliphatic rings. The molecule has 0 saturated carbocycles. The van der Waals surface area contributed by atoms with Crippen LogP contribution in [-0.4, -0.2) is 18.0 Å². The van der Waals surface area contributed by atoms with Crippen LogP contribution in [0.15, 0.2) is 74.3 Å². The zero-order valence-electron chi connectivity index (χ0n) is 13.6. The standard InChI is InChI=1S/C17H16BrN3O2S2/c1-12-7-8-16(13(18)11-12)25(22,23)20-14-5-3-4-6-15(14)24-17-19-9-10-21(17)2/h3-11,20H,1-2H3. The molecule has 0 aliphatic carbocycles. The molecule has 0 aliphatic heterocycles. The molecule has 0 atom stereocenters. The molecule has 3 aromatic rings. The third-order valence-electron chi connectivity index (χ3n) is 3.49. The Labute approximate surface area is 159 Å². The summed E-state index contributed by atoms with van der Waals surface area (Å²) in [6.07, 6.45) is 3.55. The van der Waals surface area contributed by atoms with Crippen LogP contribution >= 0.6 is 27.7 Å². The number of sulfonamides is 1. The second-order valence-corrected chi connectivity index (χ2v) is 8.97. The maximum Gasteiger partial charge on any atom is 0.263 e. The molecule has 5 nitrogen and oxygen atoms in total. The van der Waals surface area contributed by atoms with Crippen molar-refractivity contribution in [1.29, 1.82) is 0 Å². The van der Waals surface area contributed by atoms with Gasteiger partial charge in [-0.3, -0.25) is 4.72 Å². The second kappa shape index (κ2) is 7.23. The molecular weight excluding hydrogens is 422 g/mol. The van der Waals surface area contributed by atoms with Crippen LogP contribution in [0.3, 0.4) is 0 Å². The predicted molar refractivity (Wildman–Crippen MR) is 103 cm³/mol. The zero-order chi connectivity index (χ0) is 18.0. The van der Waals surface area contributed by atoms with E-state index in [0.29, 0.717) is 10.2 Å². The van der Waals surface area contributed by atoms with Gasteiger partial charge in [0.05, 0.1) is 5.69 Å². The fourth-order valence-corrected chi connectivity index (χ4v) is 5.44. The van der Waals surface area contributed by atoms with Gasteiger partial charge in [-0.05, 0) is 64.4 Å². The molecule has 0 bridgehead atoms. The van der Waals surface area contributed by atoms with Gasteiger partial charge in [0.25, 0.3) is 10.0 Å². The molecule has 130 valence electrons. The Kier molecular flexibility index (Phi) is 5.21. The van der Waals surface area contributed by atoms with Crippen molar-refractivity contribution in [1.82, 2.24) is 9.55 Å². The summed E-state index contributed by atoms with van der Waals surface area (Å²) in [5.41, 5.74) is 1.50. The molecular formula is C17H16BrN3O2S2. The molecule has 0 unspecified atom stereocenters. The van der Waals surface area contributed by atoms with E-state index in [1.165, 1.54) is 11.8 Å². The summed E-state index contributed by atoms with van der Waals surface area (Å²) in [7, 11) is -1.82. The SMILES string of the molecule is Cc1ccc(S(=O)(=O)Nc2ccccc2Sc2nccn2C)c(Br)c1. The van der Waals surface area contributed by atoms with E-state index in [2.05, 4.69) is 25.6 Å². The van der Waals surface area contributed by atoms with Gasteiger partial charge in [0.1, 0.15) is 4.90 Å². The average Bonchev–Trinajstić information content (AvgIpc) is 2.93. The summed E-state index contributed by atoms with van der Waals surface area (Å²) in [6, 6.07) is 12.4. The number of hydrogen-bond donors (Lipinski definition) is 1. The Morgan fingerprint density at radius 1 is 1.20 bits per heavy atom. The molecule has 1 aromatic heterocycles. The number of anilines is 1. The third kappa shape index (κ3) is 4.08. The van der Waals surface area contributed by atoms with E-state index in [4.69, 9.17) is 0 Å². The highest BCUT2D eigenvalue weighted by Crippen LogP contribution is 2.34.